The first-order valence-electron chi connectivity index (χ1n) is 13.2. The van der Waals surface area contributed by atoms with Gasteiger partial charge in [-0.2, -0.15) is 0 Å². The van der Waals surface area contributed by atoms with Crippen LogP contribution in [-0.4, -0.2) is 60.9 Å². The number of hydrogen-bond donors (Lipinski definition) is 1. The van der Waals surface area contributed by atoms with Gasteiger partial charge in [-0.25, -0.2) is 16.8 Å². The molecule has 1 saturated heterocycles. The molecule has 1 aliphatic rings. The molecule has 1 fully saturated rings. The highest BCUT2D eigenvalue weighted by atomic mass is 32.2. The average molecular weight is 570 g/mol. The van der Waals surface area contributed by atoms with Crippen molar-refractivity contribution in [1.29, 1.82) is 0 Å². The molecule has 3 aromatic carbocycles. The Balaban J connectivity index is 1.67. The summed E-state index contributed by atoms with van der Waals surface area (Å²) in [7, 11) is -6.59. The molecule has 9 heteroatoms. The maximum atomic E-state index is 12.1. The van der Waals surface area contributed by atoms with Crippen LogP contribution >= 0.6 is 0 Å². The molecule has 1 atom stereocenters. The Labute approximate surface area is 232 Å². The molecule has 0 aliphatic carbocycles. The Kier molecular flexibility index (Phi) is 8.63. The summed E-state index contributed by atoms with van der Waals surface area (Å²) in [5.41, 5.74) is 3.26. The van der Waals surface area contributed by atoms with Crippen molar-refractivity contribution < 1.29 is 21.6 Å². The van der Waals surface area contributed by atoms with Crippen molar-refractivity contribution in [2.75, 3.05) is 32.1 Å². The zero-order valence-electron chi connectivity index (χ0n) is 22.7. The van der Waals surface area contributed by atoms with Gasteiger partial charge in [0, 0.05) is 62.8 Å². The fraction of sp³-hybridized carbons (Fsp3) is 0.367. The van der Waals surface area contributed by atoms with E-state index in [2.05, 4.69) is 17.4 Å². The molecule has 0 saturated carbocycles. The van der Waals surface area contributed by atoms with Gasteiger partial charge in [-0.1, -0.05) is 42.5 Å². The number of quaternary nitrogens is 1. The molecule has 0 radical (unpaired) electrons. The van der Waals surface area contributed by atoms with Crippen LogP contribution < -0.4 is 9.80 Å². The molecule has 208 valence electrons. The quantitative estimate of drug-likeness (QED) is 0.387. The lowest BCUT2D eigenvalue weighted by Gasteiger charge is -2.44. The van der Waals surface area contributed by atoms with E-state index in [0.717, 1.165) is 55.7 Å². The highest BCUT2D eigenvalue weighted by molar-refractivity contribution is 7.91. The number of hydrogen-bond acceptors (Lipinski definition) is 5. The molecule has 1 N–H and O–H groups in total. The van der Waals surface area contributed by atoms with Crippen molar-refractivity contribution in [1.82, 2.24) is 9.80 Å². The van der Waals surface area contributed by atoms with Crippen LogP contribution in [0.1, 0.15) is 43.2 Å². The van der Waals surface area contributed by atoms with Crippen LogP contribution in [0.4, 0.5) is 5.69 Å². The van der Waals surface area contributed by atoms with Gasteiger partial charge in [0.15, 0.2) is 19.7 Å². The Morgan fingerprint density at radius 2 is 1.28 bits per heavy atom. The third kappa shape index (κ3) is 7.15. The number of carbonyl (C=O) groups is 1. The predicted octanol–water partition coefficient (Wildman–Crippen LogP) is 4.32. The number of nitrogens with zero attached hydrogens (tertiary/aromatic N) is 1. The van der Waals surface area contributed by atoms with Crippen molar-refractivity contribution in [2.45, 2.75) is 47.9 Å². The molecule has 1 aliphatic heterocycles. The number of amides is 1. The molecule has 0 aromatic heterocycles. The van der Waals surface area contributed by atoms with Gasteiger partial charge in [0.2, 0.25) is 5.91 Å². The Morgan fingerprint density at radius 3 is 1.77 bits per heavy atom. The number of rotatable bonds is 9. The van der Waals surface area contributed by atoms with Gasteiger partial charge in [0.1, 0.15) is 5.69 Å². The van der Waals surface area contributed by atoms with Crippen LogP contribution in [0, 0.1) is 0 Å². The van der Waals surface area contributed by atoms with Crippen LogP contribution in [0.25, 0.3) is 0 Å². The lowest BCUT2D eigenvalue weighted by atomic mass is 9.87. The molecule has 1 unspecified atom stereocenters. The molecule has 39 heavy (non-hydrogen) atoms. The van der Waals surface area contributed by atoms with E-state index in [1.807, 2.05) is 42.5 Å². The summed E-state index contributed by atoms with van der Waals surface area (Å²) in [6.07, 6.45) is 4.88. The van der Waals surface area contributed by atoms with Crippen LogP contribution in [-0.2, 0) is 24.5 Å². The molecule has 0 bridgehead atoms. The van der Waals surface area contributed by atoms with E-state index >= 15 is 0 Å². The molecule has 3 aromatic rings. The topological polar surface area (TPSA) is 97.4 Å². The van der Waals surface area contributed by atoms with E-state index in [4.69, 9.17) is 0 Å². The van der Waals surface area contributed by atoms with Gasteiger partial charge >= 0.3 is 0 Å². The largest absolute Gasteiger partial charge is 0.353 e. The van der Waals surface area contributed by atoms with Crippen LogP contribution in [0.15, 0.2) is 88.7 Å². The van der Waals surface area contributed by atoms with E-state index < -0.39 is 19.7 Å². The van der Waals surface area contributed by atoms with Gasteiger partial charge in [0.25, 0.3) is 0 Å². The summed E-state index contributed by atoms with van der Waals surface area (Å²) < 4.78 is 48.9. The minimum absolute atomic E-state index is 0.0285. The number of piperidine rings is 1. The first kappa shape index (κ1) is 29.0. The van der Waals surface area contributed by atoms with Crippen LogP contribution in [0.5, 0.6) is 0 Å². The number of benzene rings is 3. The first-order valence-corrected chi connectivity index (χ1v) is 16.9. The molecular formula is C30H37N2O5S2+. The molecule has 1 heterocycles. The summed E-state index contributed by atoms with van der Waals surface area (Å²) in [5.74, 6) is 0.0253. The number of nitrogens with one attached hydrogen (secondary N) is 1. The average Bonchev–Trinajstić information content (AvgIpc) is 2.89. The molecule has 4 rings (SSSR count). The van der Waals surface area contributed by atoms with Crippen molar-refractivity contribution in [3.8, 4) is 0 Å². The molecule has 0 spiro atoms. The number of sulfone groups is 2. The Morgan fingerprint density at radius 1 is 0.795 bits per heavy atom. The number of carbonyl (C=O) groups excluding carboxylic acids is 1. The second-order valence-electron chi connectivity index (χ2n) is 10.6. The first-order chi connectivity index (χ1) is 18.4. The maximum Gasteiger partial charge on any atom is 0.217 e. The molecular weight excluding hydrogens is 532 g/mol. The monoisotopic (exact) mass is 569 g/mol. The van der Waals surface area contributed by atoms with Crippen molar-refractivity contribution >= 4 is 31.3 Å². The summed E-state index contributed by atoms with van der Waals surface area (Å²) >= 11 is 0. The van der Waals surface area contributed by atoms with Gasteiger partial charge in [-0.05, 0) is 35.4 Å². The van der Waals surface area contributed by atoms with Gasteiger partial charge in [0.05, 0.1) is 29.4 Å². The standard InChI is InChI=1S/C30H36N2O5S2/c1-23(33)31-26-17-20-32(21-18-26,27-11-15-29(16-12-27)39(3,36)37)22-19-30(24-7-5-4-6-8-24)25-9-13-28(14-10-25)38(2,34)35/h4-16,26,30H,17-22H2,1-3H3/p+1. The summed E-state index contributed by atoms with van der Waals surface area (Å²) in [6, 6.07) is 24.7. The lowest BCUT2D eigenvalue weighted by Crippen LogP contribution is -2.58. The highest BCUT2D eigenvalue weighted by Gasteiger charge is 2.37. The Bertz CT molecular complexity index is 1490. The minimum atomic E-state index is -3.30. The third-order valence-corrected chi connectivity index (χ3v) is 10.0. The van der Waals surface area contributed by atoms with Gasteiger partial charge in [-0.3, -0.25) is 9.28 Å². The second-order valence-corrected chi connectivity index (χ2v) is 14.7. The fourth-order valence-corrected chi connectivity index (χ4v) is 6.91. The van der Waals surface area contributed by atoms with E-state index in [-0.39, 0.29) is 17.9 Å². The van der Waals surface area contributed by atoms with Crippen molar-refractivity contribution in [3.63, 3.8) is 0 Å². The summed E-state index contributed by atoms with van der Waals surface area (Å²) in [6.45, 7) is 3.98. The normalized spacial score (nSPS) is 20.7. The molecule has 7 nitrogen and oxygen atoms in total. The van der Waals surface area contributed by atoms with Crippen molar-refractivity contribution in [2.24, 2.45) is 0 Å². The lowest BCUT2D eigenvalue weighted by molar-refractivity contribution is -0.119. The fourth-order valence-electron chi connectivity index (χ4n) is 5.65. The number of likely N-dealkylation sites (tertiary alicyclic amines) is 1. The Hall–Kier alpha value is -3.01. The predicted molar refractivity (Wildman–Crippen MR) is 155 cm³/mol. The van der Waals surface area contributed by atoms with E-state index in [1.54, 1.807) is 31.2 Å². The minimum Gasteiger partial charge on any atom is -0.353 e. The SMILES string of the molecule is CC(=O)NC1CC[N+](CCC(c2ccccc2)c2ccc(S(C)(=O)=O)cc2)(c2ccc(S(C)(=O)=O)cc2)CC1. The van der Waals surface area contributed by atoms with E-state index in [9.17, 15) is 21.6 Å². The molecule has 1 amide bonds. The summed E-state index contributed by atoms with van der Waals surface area (Å²) in [5, 5.41) is 3.06. The van der Waals surface area contributed by atoms with E-state index in [0.29, 0.717) is 14.3 Å². The second kappa shape index (κ2) is 11.6. The van der Waals surface area contributed by atoms with Crippen LogP contribution in [0.2, 0.25) is 0 Å². The van der Waals surface area contributed by atoms with E-state index in [1.165, 1.54) is 12.5 Å². The van der Waals surface area contributed by atoms with Crippen LogP contribution in [0.3, 0.4) is 0 Å². The maximum absolute atomic E-state index is 12.1. The van der Waals surface area contributed by atoms with Gasteiger partial charge in [-0.15, -0.1) is 0 Å². The highest BCUT2D eigenvalue weighted by Crippen LogP contribution is 2.35. The summed E-state index contributed by atoms with van der Waals surface area (Å²) in [4.78, 5) is 12.3. The zero-order chi connectivity index (χ0) is 28.3. The smallest absolute Gasteiger partial charge is 0.217 e. The third-order valence-electron chi connectivity index (χ3n) is 7.79. The zero-order valence-corrected chi connectivity index (χ0v) is 24.3. The van der Waals surface area contributed by atoms with Crippen molar-refractivity contribution in [3.05, 3.63) is 90.0 Å². The van der Waals surface area contributed by atoms with Gasteiger partial charge < -0.3 is 5.32 Å².